The SMILES string of the molecule is C[C@@H](NCC(=O)NCC(F)(F)F)c1cccnc1. The van der Waals surface area contributed by atoms with Gasteiger partial charge in [-0.1, -0.05) is 6.07 Å². The molecule has 4 nitrogen and oxygen atoms in total. The highest BCUT2D eigenvalue weighted by molar-refractivity contribution is 5.78. The molecule has 0 saturated carbocycles. The average Bonchev–Trinajstić information content (AvgIpc) is 2.33. The zero-order valence-electron chi connectivity index (χ0n) is 9.79. The third-order valence-electron chi connectivity index (χ3n) is 2.24. The van der Waals surface area contributed by atoms with Gasteiger partial charge in [-0.05, 0) is 18.6 Å². The predicted octanol–water partition coefficient (Wildman–Crippen LogP) is 1.41. The van der Waals surface area contributed by atoms with E-state index in [1.807, 2.05) is 6.07 Å². The number of nitrogens with zero attached hydrogens (tertiary/aromatic N) is 1. The third kappa shape index (κ3) is 5.62. The molecule has 1 rings (SSSR count). The van der Waals surface area contributed by atoms with Crippen molar-refractivity contribution in [1.29, 1.82) is 0 Å². The molecular weight excluding hydrogens is 247 g/mol. The normalized spacial score (nSPS) is 13.1. The van der Waals surface area contributed by atoms with Gasteiger partial charge >= 0.3 is 6.18 Å². The summed E-state index contributed by atoms with van der Waals surface area (Å²) in [6.07, 6.45) is -1.14. The van der Waals surface area contributed by atoms with Crippen LogP contribution in [0.3, 0.4) is 0 Å². The Morgan fingerprint density at radius 2 is 2.22 bits per heavy atom. The third-order valence-corrected chi connectivity index (χ3v) is 2.24. The summed E-state index contributed by atoms with van der Waals surface area (Å²) in [6.45, 7) is 0.314. The number of alkyl halides is 3. The maximum absolute atomic E-state index is 11.8. The maximum Gasteiger partial charge on any atom is 0.405 e. The first-order valence-corrected chi connectivity index (χ1v) is 5.35. The van der Waals surface area contributed by atoms with Gasteiger partial charge in [0.25, 0.3) is 0 Å². The average molecular weight is 261 g/mol. The number of rotatable bonds is 5. The first kappa shape index (κ1) is 14.4. The predicted molar refractivity (Wildman–Crippen MR) is 59.7 cm³/mol. The monoisotopic (exact) mass is 261 g/mol. The topological polar surface area (TPSA) is 54.0 Å². The van der Waals surface area contributed by atoms with Gasteiger partial charge in [-0.25, -0.2) is 0 Å². The number of pyridine rings is 1. The fourth-order valence-corrected chi connectivity index (χ4v) is 1.26. The molecule has 7 heteroatoms. The lowest BCUT2D eigenvalue weighted by molar-refractivity contribution is -0.137. The Hall–Kier alpha value is -1.63. The van der Waals surface area contributed by atoms with Crippen molar-refractivity contribution in [2.45, 2.75) is 19.1 Å². The molecule has 0 aliphatic heterocycles. The van der Waals surface area contributed by atoms with E-state index in [0.717, 1.165) is 5.56 Å². The summed E-state index contributed by atoms with van der Waals surface area (Å²) in [6, 6.07) is 3.41. The van der Waals surface area contributed by atoms with Crippen LogP contribution in [-0.2, 0) is 4.79 Å². The number of amides is 1. The van der Waals surface area contributed by atoms with E-state index in [0.29, 0.717) is 0 Å². The lowest BCUT2D eigenvalue weighted by Crippen LogP contribution is -2.39. The Morgan fingerprint density at radius 1 is 1.50 bits per heavy atom. The standard InChI is InChI=1S/C11H14F3N3O/c1-8(9-3-2-4-15-5-9)16-6-10(18)17-7-11(12,13)14/h2-5,8,16H,6-7H2,1H3,(H,17,18)/t8-/m1/s1. The first-order valence-electron chi connectivity index (χ1n) is 5.35. The molecule has 2 N–H and O–H groups in total. The minimum absolute atomic E-state index is 0.157. The molecule has 0 fully saturated rings. The van der Waals surface area contributed by atoms with Crippen LogP contribution in [0.25, 0.3) is 0 Å². The summed E-state index contributed by atoms with van der Waals surface area (Å²) in [5, 5.41) is 4.60. The summed E-state index contributed by atoms with van der Waals surface area (Å²) in [5.74, 6) is -0.692. The van der Waals surface area contributed by atoms with Gasteiger partial charge in [0.05, 0.1) is 6.54 Å². The minimum atomic E-state index is -4.38. The molecule has 0 spiro atoms. The summed E-state index contributed by atoms with van der Waals surface area (Å²) in [7, 11) is 0. The van der Waals surface area contributed by atoms with E-state index in [1.54, 1.807) is 30.7 Å². The molecule has 0 aliphatic carbocycles. The smallest absolute Gasteiger partial charge is 0.346 e. The van der Waals surface area contributed by atoms with Gasteiger partial charge in [0.2, 0.25) is 5.91 Å². The first-order chi connectivity index (χ1) is 8.38. The van der Waals surface area contributed by atoms with E-state index in [-0.39, 0.29) is 12.6 Å². The van der Waals surface area contributed by atoms with Crippen molar-refractivity contribution in [3.05, 3.63) is 30.1 Å². The molecule has 0 bridgehead atoms. The van der Waals surface area contributed by atoms with E-state index in [1.165, 1.54) is 0 Å². The number of carbonyl (C=O) groups is 1. The van der Waals surface area contributed by atoms with Crippen LogP contribution in [-0.4, -0.2) is 30.2 Å². The number of aromatic nitrogens is 1. The van der Waals surface area contributed by atoms with Crippen LogP contribution in [0, 0.1) is 0 Å². The lowest BCUT2D eigenvalue weighted by atomic mass is 10.1. The molecular formula is C11H14F3N3O. The van der Waals surface area contributed by atoms with Crippen molar-refractivity contribution < 1.29 is 18.0 Å². The highest BCUT2D eigenvalue weighted by Crippen LogP contribution is 2.12. The summed E-state index contributed by atoms with van der Waals surface area (Å²) in [4.78, 5) is 15.0. The Kier molecular flexibility index (Phi) is 5.08. The lowest BCUT2D eigenvalue weighted by Gasteiger charge is -2.14. The fraction of sp³-hybridized carbons (Fsp3) is 0.455. The molecule has 1 heterocycles. The quantitative estimate of drug-likeness (QED) is 0.842. The number of halogens is 3. The van der Waals surface area contributed by atoms with Crippen LogP contribution < -0.4 is 10.6 Å². The summed E-state index contributed by atoms with van der Waals surface area (Å²) >= 11 is 0. The van der Waals surface area contributed by atoms with Gasteiger partial charge in [0.15, 0.2) is 0 Å². The van der Waals surface area contributed by atoms with E-state index in [2.05, 4.69) is 10.3 Å². The Morgan fingerprint density at radius 3 is 2.78 bits per heavy atom. The minimum Gasteiger partial charge on any atom is -0.346 e. The Bertz CT molecular complexity index is 381. The zero-order valence-corrected chi connectivity index (χ0v) is 9.79. The Balaban J connectivity index is 2.31. The highest BCUT2D eigenvalue weighted by atomic mass is 19.4. The number of hydrogen-bond donors (Lipinski definition) is 2. The van der Waals surface area contributed by atoms with E-state index >= 15 is 0 Å². The largest absolute Gasteiger partial charge is 0.405 e. The molecule has 1 aromatic rings. The number of carbonyl (C=O) groups excluding carboxylic acids is 1. The molecule has 0 aromatic carbocycles. The molecule has 1 aromatic heterocycles. The van der Waals surface area contributed by atoms with Gasteiger partial charge in [-0.3, -0.25) is 9.78 Å². The van der Waals surface area contributed by atoms with Crippen LogP contribution in [0.15, 0.2) is 24.5 Å². The van der Waals surface area contributed by atoms with Crippen molar-refractivity contribution >= 4 is 5.91 Å². The van der Waals surface area contributed by atoms with Gasteiger partial charge in [-0.15, -0.1) is 0 Å². The van der Waals surface area contributed by atoms with Crippen molar-refractivity contribution in [2.75, 3.05) is 13.1 Å². The molecule has 0 saturated heterocycles. The second-order valence-corrected chi connectivity index (χ2v) is 3.78. The maximum atomic E-state index is 11.8. The Labute approximate surface area is 103 Å². The second-order valence-electron chi connectivity index (χ2n) is 3.78. The van der Waals surface area contributed by atoms with Crippen LogP contribution in [0.1, 0.15) is 18.5 Å². The molecule has 0 unspecified atom stereocenters. The molecule has 0 radical (unpaired) electrons. The van der Waals surface area contributed by atoms with Crippen molar-refractivity contribution in [3.8, 4) is 0 Å². The van der Waals surface area contributed by atoms with Crippen LogP contribution >= 0.6 is 0 Å². The van der Waals surface area contributed by atoms with E-state index < -0.39 is 18.6 Å². The summed E-state index contributed by atoms with van der Waals surface area (Å²) in [5.41, 5.74) is 0.862. The van der Waals surface area contributed by atoms with E-state index in [4.69, 9.17) is 0 Å². The summed E-state index contributed by atoms with van der Waals surface area (Å²) < 4.78 is 35.5. The highest BCUT2D eigenvalue weighted by Gasteiger charge is 2.27. The van der Waals surface area contributed by atoms with Gasteiger partial charge in [0, 0.05) is 18.4 Å². The van der Waals surface area contributed by atoms with Gasteiger partial charge < -0.3 is 10.6 Å². The molecule has 0 aliphatic rings. The van der Waals surface area contributed by atoms with Crippen LogP contribution in [0.2, 0.25) is 0 Å². The zero-order chi connectivity index (χ0) is 13.6. The van der Waals surface area contributed by atoms with Crippen LogP contribution in [0.5, 0.6) is 0 Å². The molecule has 1 amide bonds. The van der Waals surface area contributed by atoms with Crippen molar-refractivity contribution in [1.82, 2.24) is 15.6 Å². The molecule has 1 atom stereocenters. The van der Waals surface area contributed by atoms with Crippen LogP contribution in [0.4, 0.5) is 13.2 Å². The van der Waals surface area contributed by atoms with E-state index in [9.17, 15) is 18.0 Å². The second kappa shape index (κ2) is 6.34. The van der Waals surface area contributed by atoms with Gasteiger partial charge in [-0.2, -0.15) is 13.2 Å². The molecule has 100 valence electrons. The van der Waals surface area contributed by atoms with Crippen molar-refractivity contribution in [2.24, 2.45) is 0 Å². The number of hydrogen-bond acceptors (Lipinski definition) is 3. The van der Waals surface area contributed by atoms with Crippen molar-refractivity contribution in [3.63, 3.8) is 0 Å². The fourth-order valence-electron chi connectivity index (χ4n) is 1.26. The van der Waals surface area contributed by atoms with Gasteiger partial charge in [0.1, 0.15) is 6.54 Å². The molecule has 18 heavy (non-hydrogen) atoms. The number of nitrogens with one attached hydrogen (secondary N) is 2.